The Morgan fingerprint density at radius 3 is 1.32 bits per heavy atom. The van der Waals surface area contributed by atoms with Crippen LogP contribution in [0.2, 0.25) is 0 Å². The molecule has 8 N–H and O–H groups in total. The van der Waals surface area contributed by atoms with E-state index in [1.807, 2.05) is 0 Å². The molecule has 0 saturated carbocycles. The molecule has 0 aromatic carbocycles. The third-order valence-corrected chi connectivity index (χ3v) is 6.13. The zero-order valence-corrected chi connectivity index (χ0v) is 29.0. The Balaban J connectivity index is 0.00000484. The van der Waals surface area contributed by atoms with Gasteiger partial charge in [-0.05, 0) is 23.5 Å². The maximum Gasteiger partial charge on any atom is 1.00 e. The molecule has 2 unspecified atom stereocenters. The molecule has 2 atom stereocenters. The van der Waals surface area contributed by atoms with E-state index in [1.165, 1.54) is 12.4 Å². The number of carbonyl (C=O) groups is 2. The second kappa shape index (κ2) is 20.7. The second-order valence-electron chi connectivity index (χ2n) is 7.63. The first-order valence-electron chi connectivity index (χ1n) is 11.8. The quantitative estimate of drug-likeness (QED) is 0.0582. The minimum Gasteiger partial charge on any atom is -0.548 e. The summed E-state index contributed by atoms with van der Waals surface area (Å²) < 4.78 is 0. The fourth-order valence-corrected chi connectivity index (χ4v) is 4.02. The summed E-state index contributed by atoms with van der Waals surface area (Å²) in [6, 6.07) is -2.96. The predicted molar refractivity (Wildman–Crippen MR) is 140 cm³/mol. The number of anilines is 4. The number of hydrogen-bond donors (Lipinski definition) is 8. The van der Waals surface area contributed by atoms with Gasteiger partial charge in [0, 0.05) is 13.1 Å². The Kier molecular flexibility index (Phi) is 18.8. The molecule has 3 heterocycles. The van der Waals surface area contributed by atoms with E-state index in [4.69, 9.17) is 10.2 Å². The Labute approximate surface area is 301 Å². The molecule has 0 saturated heterocycles. The number of aromatic nitrogens is 8. The van der Waals surface area contributed by atoms with E-state index < -0.39 is 37.2 Å². The standard InChI is InChI=1S/C20H26N12O8S2.2Na/c33-3-1-21-15-27-17(25-9(7-35)13(37)38)31-19(29-15)41-11-5-24-12(6-23-11)42-20-30-16(22-2-4-34)28-18(32-20)26-10(8-36)14(39)40;;/h5-6,9-10,33-36H,1-4,7-8H2,(H,37,38)(H,39,40)(H2,21,25,27,29,31)(H2,22,26,28,30,32);;/q;2*+1/p-2. The zero-order valence-electron chi connectivity index (χ0n) is 23.4. The topological polar surface area (TPSA) is 312 Å². The molecule has 3 rings (SSSR count). The van der Waals surface area contributed by atoms with Crippen molar-refractivity contribution in [3.8, 4) is 0 Å². The number of aliphatic hydroxyl groups is 4. The summed E-state index contributed by atoms with van der Waals surface area (Å²) >= 11 is 1.90. The molecule has 0 fully saturated rings. The fourth-order valence-electron chi connectivity index (χ4n) is 2.69. The maximum absolute atomic E-state index is 11.2. The molecular weight excluding hydrogens is 646 g/mol. The van der Waals surface area contributed by atoms with Crippen LogP contribution in [0.4, 0.5) is 23.8 Å². The van der Waals surface area contributed by atoms with Gasteiger partial charge in [0.2, 0.25) is 34.1 Å². The van der Waals surface area contributed by atoms with E-state index >= 15 is 0 Å². The molecule has 0 aliphatic carbocycles. The molecule has 44 heavy (non-hydrogen) atoms. The van der Waals surface area contributed by atoms with Crippen molar-refractivity contribution >= 4 is 59.3 Å². The van der Waals surface area contributed by atoms with E-state index in [2.05, 4.69) is 61.1 Å². The van der Waals surface area contributed by atoms with Gasteiger partial charge in [0.15, 0.2) is 0 Å². The molecule has 20 nitrogen and oxygen atoms in total. The number of carbonyl (C=O) groups excluding carboxylic acids is 2. The van der Waals surface area contributed by atoms with Crippen molar-refractivity contribution in [3.63, 3.8) is 0 Å². The van der Waals surface area contributed by atoms with Crippen LogP contribution in [0.5, 0.6) is 0 Å². The summed E-state index contributed by atoms with van der Waals surface area (Å²) in [5.41, 5.74) is 0. The van der Waals surface area contributed by atoms with Crippen LogP contribution in [0.1, 0.15) is 0 Å². The van der Waals surface area contributed by atoms with Gasteiger partial charge >= 0.3 is 59.1 Å². The number of aliphatic hydroxyl groups excluding tert-OH is 4. The fraction of sp³-hybridized carbons (Fsp3) is 0.400. The number of aliphatic carboxylic acids is 2. The van der Waals surface area contributed by atoms with E-state index in [9.17, 15) is 30.0 Å². The van der Waals surface area contributed by atoms with Crippen molar-refractivity contribution in [3.05, 3.63) is 12.4 Å². The SMILES string of the molecule is O=C([O-])C(CO)Nc1nc(NCCO)nc(Sc2cnc(Sc3nc(NCCO)nc(NC(CO)C(=O)[O-])n3)cn2)n1.[Na+].[Na+]. The van der Waals surface area contributed by atoms with Crippen LogP contribution < -0.4 is 90.6 Å². The molecule has 24 heteroatoms. The third kappa shape index (κ3) is 13.0. The Bertz CT molecular complexity index is 1250. The Morgan fingerprint density at radius 2 is 1.02 bits per heavy atom. The van der Waals surface area contributed by atoms with Crippen LogP contribution in [0.25, 0.3) is 0 Å². The van der Waals surface area contributed by atoms with E-state index in [0.717, 1.165) is 23.5 Å². The molecule has 226 valence electrons. The van der Waals surface area contributed by atoms with Crippen LogP contribution in [-0.2, 0) is 9.59 Å². The summed E-state index contributed by atoms with van der Waals surface area (Å²) in [6.07, 6.45) is 2.76. The largest absolute Gasteiger partial charge is 1.00 e. The van der Waals surface area contributed by atoms with Gasteiger partial charge < -0.3 is 61.5 Å². The average Bonchev–Trinajstić information content (AvgIpc) is 2.97. The summed E-state index contributed by atoms with van der Waals surface area (Å²) in [4.78, 5) is 55.5. The molecular formula is C20H24N12Na2O8S2. The molecule has 3 aromatic rings. The van der Waals surface area contributed by atoms with Gasteiger partial charge in [0.05, 0.1) is 62.8 Å². The Hall–Kier alpha value is -2.22. The van der Waals surface area contributed by atoms with Gasteiger partial charge in [-0.1, -0.05) is 0 Å². The van der Waals surface area contributed by atoms with Crippen molar-refractivity contribution in [1.29, 1.82) is 0 Å². The van der Waals surface area contributed by atoms with Gasteiger partial charge in [0.1, 0.15) is 10.1 Å². The van der Waals surface area contributed by atoms with Crippen molar-refractivity contribution in [2.24, 2.45) is 0 Å². The number of nitrogens with one attached hydrogen (secondary N) is 4. The minimum absolute atomic E-state index is 0. The van der Waals surface area contributed by atoms with E-state index in [1.54, 1.807) is 0 Å². The summed E-state index contributed by atoms with van der Waals surface area (Å²) in [7, 11) is 0. The van der Waals surface area contributed by atoms with Gasteiger partial charge in [-0.25, -0.2) is 9.97 Å². The smallest absolute Gasteiger partial charge is 0.548 e. The molecule has 0 amide bonds. The molecule has 3 aromatic heterocycles. The maximum atomic E-state index is 11.2. The van der Waals surface area contributed by atoms with Crippen LogP contribution in [0.15, 0.2) is 32.8 Å². The average molecular weight is 671 g/mol. The van der Waals surface area contributed by atoms with Gasteiger partial charge in [-0.15, -0.1) is 0 Å². The van der Waals surface area contributed by atoms with E-state index in [0.29, 0.717) is 10.1 Å². The zero-order chi connectivity index (χ0) is 30.5. The third-order valence-electron chi connectivity index (χ3n) is 4.56. The number of nitrogens with zero attached hydrogens (tertiary/aromatic N) is 8. The summed E-state index contributed by atoms with van der Waals surface area (Å²) in [5, 5.41) is 70.1. The van der Waals surface area contributed by atoms with Gasteiger partial charge in [-0.3, -0.25) is 0 Å². The monoisotopic (exact) mass is 670 g/mol. The summed E-state index contributed by atoms with van der Waals surface area (Å²) in [6.45, 7) is -1.81. The van der Waals surface area contributed by atoms with Gasteiger partial charge in [0.25, 0.3) is 0 Å². The number of carboxylic acids is 2. The molecule has 0 aliphatic rings. The second-order valence-corrected chi connectivity index (χ2v) is 9.60. The van der Waals surface area contributed by atoms with Crippen LogP contribution in [0.3, 0.4) is 0 Å². The van der Waals surface area contributed by atoms with Crippen molar-refractivity contribution < 1.29 is 99.3 Å². The number of carboxylic acid groups (broad SMARTS) is 2. The normalized spacial score (nSPS) is 11.7. The molecule has 0 radical (unpaired) electrons. The first kappa shape index (κ1) is 39.8. The number of rotatable bonds is 18. The van der Waals surface area contributed by atoms with E-state index in [-0.39, 0.29) is 120 Å². The van der Waals surface area contributed by atoms with Gasteiger partial charge in [-0.2, -0.15) is 29.9 Å². The van der Waals surface area contributed by atoms with Crippen molar-refractivity contribution in [2.45, 2.75) is 32.4 Å². The van der Waals surface area contributed by atoms with Crippen LogP contribution in [0, 0.1) is 0 Å². The number of hydrogen-bond acceptors (Lipinski definition) is 22. The Morgan fingerprint density at radius 1 is 0.659 bits per heavy atom. The minimum atomic E-state index is -1.57. The predicted octanol–water partition coefficient (Wildman–Crippen LogP) is -11.0. The van der Waals surface area contributed by atoms with Crippen molar-refractivity contribution in [2.75, 3.05) is 60.8 Å². The van der Waals surface area contributed by atoms with Crippen LogP contribution >= 0.6 is 23.5 Å². The molecule has 0 bridgehead atoms. The summed E-state index contributed by atoms with van der Waals surface area (Å²) in [5.74, 6) is -3.45. The molecule has 0 spiro atoms. The first-order chi connectivity index (χ1) is 20.2. The van der Waals surface area contributed by atoms with Crippen molar-refractivity contribution in [1.82, 2.24) is 39.9 Å². The van der Waals surface area contributed by atoms with Crippen LogP contribution in [-0.4, -0.2) is 124 Å². The first-order valence-corrected chi connectivity index (χ1v) is 13.4. The molecule has 0 aliphatic heterocycles.